The Morgan fingerprint density at radius 1 is 1.65 bits per heavy atom. The normalized spacial score (nSPS) is 12.0. The van der Waals surface area contributed by atoms with E-state index in [-0.39, 0.29) is 12.0 Å². The zero-order chi connectivity index (χ0) is 12.9. The van der Waals surface area contributed by atoms with E-state index in [0.29, 0.717) is 19.5 Å². The molecule has 0 aliphatic rings. The SMILES string of the molecule is BOC=NCCCC[C@@H](NCC#C)C(=O)OC. The highest BCUT2D eigenvalue weighted by atomic mass is 16.5. The number of hydrogen-bond acceptors (Lipinski definition) is 5. The second-order valence-electron chi connectivity index (χ2n) is 3.40. The van der Waals surface area contributed by atoms with Crippen molar-refractivity contribution in [2.75, 3.05) is 20.2 Å². The summed E-state index contributed by atoms with van der Waals surface area (Å²) in [5, 5.41) is 2.95. The minimum Gasteiger partial charge on any atom is -0.560 e. The molecule has 0 saturated carbocycles. The first-order valence-corrected chi connectivity index (χ1v) is 5.52. The van der Waals surface area contributed by atoms with Crippen molar-refractivity contribution >= 4 is 20.4 Å². The molecule has 1 N–H and O–H groups in total. The maximum absolute atomic E-state index is 11.4. The van der Waals surface area contributed by atoms with E-state index >= 15 is 0 Å². The summed E-state index contributed by atoms with van der Waals surface area (Å²) >= 11 is 0. The summed E-state index contributed by atoms with van der Waals surface area (Å²) in [7, 11) is 2.93. The van der Waals surface area contributed by atoms with Gasteiger partial charge in [-0.15, -0.1) is 6.42 Å². The molecule has 1 atom stereocenters. The van der Waals surface area contributed by atoms with E-state index in [4.69, 9.17) is 6.42 Å². The van der Waals surface area contributed by atoms with Gasteiger partial charge in [-0.3, -0.25) is 15.1 Å². The molecule has 0 bridgehead atoms. The predicted molar refractivity (Wildman–Crippen MR) is 69.5 cm³/mol. The van der Waals surface area contributed by atoms with E-state index < -0.39 is 0 Å². The van der Waals surface area contributed by atoms with Crippen molar-refractivity contribution in [1.29, 1.82) is 0 Å². The molecular formula is C11H19BN2O3. The van der Waals surface area contributed by atoms with Crippen molar-refractivity contribution in [1.82, 2.24) is 5.32 Å². The average Bonchev–Trinajstić information content (AvgIpc) is 2.36. The van der Waals surface area contributed by atoms with Gasteiger partial charge >= 0.3 is 14.0 Å². The lowest BCUT2D eigenvalue weighted by atomic mass is 10.1. The standard InChI is InChI=1S/C11H19BN2O3/c1-3-7-14-10(11(15)16-2)6-4-5-8-13-9-17-12/h1,9-10,14H,4-8,12H2,2H3/t10-/m1/s1. The number of nitrogens with zero attached hydrogens (tertiary/aromatic N) is 1. The Bertz CT molecular complexity index is 276. The Morgan fingerprint density at radius 3 is 3.00 bits per heavy atom. The van der Waals surface area contributed by atoms with Crippen molar-refractivity contribution in [3.05, 3.63) is 0 Å². The molecule has 0 saturated heterocycles. The van der Waals surface area contributed by atoms with Crippen LogP contribution in [0.1, 0.15) is 19.3 Å². The third-order valence-electron chi connectivity index (χ3n) is 2.15. The fourth-order valence-corrected chi connectivity index (χ4v) is 1.31. The minimum atomic E-state index is -0.331. The van der Waals surface area contributed by atoms with Gasteiger partial charge in [0.05, 0.1) is 13.7 Å². The fraction of sp³-hybridized carbons (Fsp3) is 0.636. The third kappa shape index (κ3) is 8.34. The predicted octanol–water partition coefficient (Wildman–Crippen LogP) is -0.486. The number of carbonyl (C=O) groups excluding carboxylic acids is 1. The van der Waals surface area contributed by atoms with Crippen LogP contribution >= 0.6 is 0 Å². The first-order chi connectivity index (χ1) is 8.26. The quantitative estimate of drug-likeness (QED) is 0.147. The number of unbranched alkanes of at least 4 members (excludes halogenated alkanes) is 1. The van der Waals surface area contributed by atoms with Crippen molar-refractivity contribution in [3.8, 4) is 12.3 Å². The molecule has 0 aromatic rings. The van der Waals surface area contributed by atoms with Crippen molar-refractivity contribution in [2.24, 2.45) is 4.99 Å². The van der Waals surface area contributed by atoms with Gasteiger partial charge in [-0.05, 0) is 19.3 Å². The Hall–Kier alpha value is -1.48. The maximum atomic E-state index is 11.4. The molecule has 17 heavy (non-hydrogen) atoms. The van der Waals surface area contributed by atoms with Crippen LogP contribution in [0.4, 0.5) is 0 Å². The second-order valence-corrected chi connectivity index (χ2v) is 3.40. The molecule has 0 aromatic heterocycles. The number of methoxy groups -OCH3 is 1. The smallest absolute Gasteiger partial charge is 0.323 e. The minimum absolute atomic E-state index is 0.277. The van der Waals surface area contributed by atoms with Gasteiger partial charge in [0.15, 0.2) is 6.40 Å². The molecule has 0 aromatic carbocycles. The molecule has 0 unspecified atom stereocenters. The molecule has 0 rings (SSSR count). The average molecular weight is 238 g/mol. The van der Waals surface area contributed by atoms with Crippen LogP contribution in [0.15, 0.2) is 4.99 Å². The number of terminal acetylenes is 1. The summed E-state index contributed by atoms with van der Waals surface area (Å²) in [4.78, 5) is 15.4. The summed E-state index contributed by atoms with van der Waals surface area (Å²) in [5.41, 5.74) is 0. The topological polar surface area (TPSA) is 59.9 Å². The molecule has 0 radical (unpaired) electrons. The largest absolute Gasteiger partial charge is 0.560 e. The number of hydrogen-bond donors (Lipinski definition) is 1. The molecule has 0 aliphatic heterocycles. The molecule has 0 heterocycles. The highest BCUT2D eigenvalue weighted by Crippen LogP contribution is 2.03. The van der Waals surface area contributed by atoms with E-state index in [0.717, 1.165) is 12.8 Å². The highest BCUT2D eigenvalue weighted by molar-refractivity contribution is 6.02. The van der Waals surface area contributed by atoms with Crippen LogP contribution in [0.25, 0.3) is 0 Å². The van der Waals surface area contributed by atoms with Crippen molar-refractivity contribution in [2.45, 2.75) is 25.3 Å². The van der Waals surface area contributed by atoms with Gasteiger partial charge in [0.2, 0.25) is 0 Å². The molecule has 0 fully saturated rings. The van der Waals surface area contributed by atoms with Crippen LogP contribution in [-0.4, -0.2) is 46.7 Å². The fourth-order valence-electron chi connectivity index (χ4n) is 1.31. The lowest BCUT2D eigenvalue weighted by molar-refractivity contribution is -0.143. The molecule has 0 amide bonds. The molecule has 0 spiro atoms. The number of esters is 1. The van der Waals surface area contributed by atoms with Crippen molar-refractivity contribution in [3.63, 3.8) is 0 Å². The van der Waals surface area contributed by atoms with Crippen LogP contribution in [0.2, 0.25) is 0 Å². The van der Waals surface area contributed by atoms with E-state index in [1.807, 2.05) is 0 Å². The molecule has 0 aliphatic carbocycles. The summed E-state index contributed by atoms with van der Waals surface area (Å²) in [6.45, 7) is 1.05. The Morgan fingerprint density at radius 2 is 2.41 bits per heavy atom. The number of ether oxygens (including phenoxy) is 1. The lowest BCUT2D eigenvalue weighted by Crippen LogP contribution is -2.37. The van der Waals surface area contributed by atoms with Crippen molar-refractivity contribution < 1.29 is 14.2 Å². The van der Waals surface area contributed by atoms with Gasteiger partial charge in [-0.2, -0.15) is 0 Å². The molecule has 94 valence electrons. The number of rotatable bonds is 9. The zero-order valence-electron chi connectivity index (χ0n) is 10.4. The monoisotopic (exact) mass is 238 g/mol. The summed E-state index contributed by atoms with van der Waals surface area (Å²) in [6.07, 6.45) is 9.00. The Kier molecular flexibility index (Phi) is 10.1. The second kappa shape index (κ2) is 11.0. The van der Waals surface area contributed by atoms with Gasteiger partial charge in [-0.1, -0.05) is 5.92 Å². The maximum Gasteiger partial charge on any atom is 0.323 e. The van der Waals surface area contributed by atoms with Crippen LogP contribution in [0.5, 0.6) is 0 Å². The summed E-state index contributed by atoms with van der Waals surface area (Å²) in [6, 6.07) is -0.331. The Labute approximate surface area is 103 Å². The molecular weight excluding hydrogens is 219 g/mol. The van der Waals surface area contributed by atoms with Crippen LogP contribution < -0.4 is 5.32 Å². The summed E-state index contributed by atoms with van der Waals surface area (Å²) in [5.74, 6) is 2.16. The van der Waals surface area contributed by atoms with E-state index in [9.17, 15) is 4.79 Å². The van der Waals surface area contributed by atoms with E-state index in [1.165, 1.54) is 13.5 Å². The van der Waals surface area contributed by atoms with Crippen LogP contribution in [0, 0.1) is 12.3 Å². The number of aliphatic imine (C=N–C) groups is 1. The number of nitrogens with one attached hydrogen (secondary N) is 1. The number of carbonyl (C=O) groups is 1. The van der Waals surface area contributed by atoms with Crippen LogP contribution in [0.3, 0.4) is 0 Å². The van der Waals surface area contributed by atoms with E-state index in [2.05, 4.69) is 25.6 Å². The first-order valence-electron chi connectivity index (χ1n) is 5.52. The molecule has 6 heteroatoms. The molecule has 5 nitrogen and oxygen atoms in total. The summed E-state index contributed by atoms with van der Waals surface area (Å²) < 4.78 is 9.36. The lowest BCUT2D eigenvalue weighted by Gasteiger charge is -2.14. The van der Waals surface area contributed by atoms with Gasteiger partial charge in [0, 0.05) is 6.54 Å². The van der Waals surface area contributed by atoms with Gasteiger partial charge < -0.3 is 9.39 Å². The van der Waals surface area contributed by atoms with Gasteiger partial charge in [0.1, 0.15) is 6.04 Å². The highest BCUT2D eigenvalue weighted by Gasteiger charge is 2.16. The van der Waals surface area contributed by atoms with Crippen LogP contribution in [-0.2, 0) is 14.2 Å². The third-order valence-corrected chi connectivity index (χ3v) is 2.15. The van der Waals surface area contributed by atoms with Gasteiger partial charge in [-0.25, -0.2) is 0 Å². The zero-order valence-corrected chi connectivity index (χ0v) is 10.4. The van der Waals surface area contributed by atoms with E-state index in [1.54, 1.807) is 8.05 Å². The van der Waals surface area contributed by atoms with Gasteiger partial charge in [0.25, 0.3) is 0 Å². The first kappa shape index (κ1) is 15.5. The Balaban J connectivity index is 3.80.